The van der Waals surface area contributed by atoms with Gasteiger partial charge in [-0.2, -0.15) is 0 Å². The number of alkyl halides is 1. The van der Waals surface area contributed by atoms with Crippen LogP contribution in [0.25, 0.3) is 0 Å². The molecule has 2 heteroatoms. The van der Waals surface area contributed by atoms with Crippen molar-refractivity contribution in [2.45, 2.75) is 44.4 Å². The Morgan fingerprint density at radius 2 is 2.27 bits per heavy atom. The second-order valence-electron chi connectivity index (χ2n) is 4.02. The van der Waals surface area contributed by atoms with Gasteiger partial charge in [0.2, 0.25) is 0 Å². The molecule has 0 radical (unpaired) electrons. The van der Waals surface area contributed by atoms with Crippen molar-refractivity contribution in [3.63, 3.8) is 0 Å². The molecule has 1 heterocycles. The van der Waals surface area contributed by atoms with Crippen LogP contribution < -0.4 is 0 Å². The molecule has 1 aliphatic heterocycles. The summed E-state index contributed by atoms with van der Waals surface area (Å²) >= 11 is 0. The SMILES string of the molecule is C[C@@]12CC[C@@H](F)CC1CCO2. The number of hydrogen-bond donors (Lipinski definition) is 0. The standard InChI is InChI=1S/C9H15FO/c1-9-4-2-8(10)6-7(9)3-5-11-9/h7-8H,2-6H2,1H3/t7?,8-,9-/m1/s1. The fourth-order valence-electron chi connectivity index (χ4n) is 2.37. The van der Waals surface area contributed by atoms with Crippen molar-refractivity contribution in [3.05, 3.63) is 0 Å². The summed E-state index contributed by atoms with van der Waals surface area (Å²) in [5.74, 6) is 0.492. The maximum absolute atomic E-state index is 12.9. The summed E-state index contributed by atoms with van der Waals surface area (Å²) in [5, 5.41) is 0. The van der Waals surface area contributed by atoms with E-state index in [0.717, 1.165) is 25.9 Å². The number of rotatable bonds is 0. The van der Waals surface area contributed by atoms with Crippen molar-refractivity contribution >= 4 is 0 Å². The third-order valence-corrected chi connectivity index (χ3v) is 3.26. The fraction of sp³-hybridized carbons (Fsp3) is 1.00. The fourth-order valence-corrected chi connectivity index (χ4v) is 2.37. The Balaban J connectivity index is 2.08. The largest absolute Gasteiger partial charge is 0.375 e. The second-order valence-corrected chi connectivity index (χ2v) is 4.02. The Morgan fingerprint density at radius 3 is 3.09 bits per heavy atom. The van der Waals surface area contributed by atoms with E-state index < -0.39 is 6.17 Å². The molecule has 1 saturated heterocycles. The van der Waals surface area contributed by atoms with Crippen LogP contribution in [-0.4, -0.2) is 18.4 Å². The molecule has 0 amide bonds. The maximum atomic E-state index is 12.9. The summed E-state index contributed by atoms with van der Waals surface area (Å²) in [6.45, 7) is 2.98. The summed E-state index contributed by atoms with van der Waals surface area (Å²) in [4.78, 5) is 0. The van der Waals surface area contributed by atoms with E-state index in [1.807, 2.05) is 0 Å². The first-order valence-corrected chi connectivity index (χ1v) is 4.49. The Bertz CT molecular complexity index is 160. The molecule has 2 fully saturated rings. The Labute approximate surface area is 66.9 Å². The predicted molar refractivity (Wildman–Crippen MR) is 41.2 cm³/mol. The van der Waals surface area contributed by atoms with Gasteiger partial charge in [-0.25, -0.2) is 4.39 Å². The van der Waals surface area contributed by atoms with Gasteiger partial charge in [-0.1, -0.05) is 0 Å². The average Bonchev–Trinajstić information content (AvgIpc) is 2.31. The molecule has 64 valence electrons. The van der Waals surface area contributed by atoms with Gasteiger partial charge in [-0.05, 0) is 38.5 Å². The molecule has 2 rings (SSSR count). The normalized spacial score (nSPS) is 50.7. The van der Waals surface area contributed by atoms with Crippen LogP contribution in [0.15, 0.2) is 0 Å². The lowest BCUT2D eigenvalue weighted by Crippen LogP contribution is -2.38. The molecule has 0 spiro atoms. The molecular weight excluding hydrogens is 143 g/mol. The lowest BCUT2D eigenvalue weighted by molar-refractivity contribution is -0.0438. The van der Waals surface area contributed by atoms with Gasteiger partial charge in [-0.15, -0.1) is 0 Å². The molecule has 1 saturated carbocycles. The van der Waals surface area contributed by atoms with Gasteiger partial charge in [0, 0.05) is 6.61 Å². The quantitative estimate of drug-likeness (QED) is 0.525. The van der Waals surface area contributed by atoms with Gasteiger partial charge in [0.05, 0.1) is 5.60 Å². The lowest BCUT2D eigenvalue weighted by Gasteiger charge is -2.36. The van der Waals surface area contributed by atoms with Gasteiger partial charge >= 0.3 is 0 Å². The molecule has 0 aromatic carbocycles. The Hall–Kier alpha value is -0.110. The highest BCUT2D eigenvalue weighted by Crippen LogP contribution is 2.43. The van der Waals surface area contributed by atoms with Crippen LogP contribution >= 0.6 is 0 Å². The maximum Gasteiger partial charge on any atom is 0.101 e. The molecule has 1 unspecified atom stereocenters. The topological polar surface area (TPSA) is 9.23 Å². The smallest absolute Gasteiger partial charge is 0.101 e. The van der Waals surface area contributed by atoms with Crippen LogP contribution in [0.3, 0.4) is 0 Å². The van der Waals surface area contributed by atoms with E-state index in [1.165, 1.54) is 0 Å². The average molecular weight is 158 g/mol. The minimum atomic E-state index is -0.560. The Morgan fingerprint density at radius 1 is 1.45 bits per heavy atom. The van der Waals surface area contributed by atoms with E-state index in [9.17, 15) is 4.39 Å². The van der Waals surface area contributed by atoms with E-state index in [0.29, 0.717) is 12.3 Å². The van der Waals surface area contributed by atoms with Crippen molar-refractivity contribution in [2.75, 3.05) is 6.61 Å². The predicted octanol–water partition coefficient (Wildman–Crippen LogP) is 2.30. The van der Waals surface area contributed by atoms with Crippen molar-refractivity contribution in [1.29, 1.82) is 0 Å². The molecule has 0 aromatic rings. The van der Waals surface area contributed by atoms with Crippen molar-refractivity contribution < 1.29 is 9.13 Å². The first-order chi connectivity index (χ1) is 5.21. The van der Waals surface area contributed by atoms with E-state index in [-0.39, 0.29) is 5.60 Å². The summed E-state index contributed by atoms with van der Waals surface area (Å²) in [5.41, 5.74) is 0.0303. The van der Waals surface area contributed by atoms with Crippen LogP contribution in [0.4, 0.5) is 4.39 Å². The zero-order valence-electron chi connectivity index (χ0n) is 6.98. The van der Waals surface area contributed by atoms with Gasteiger partial charge in [0.15, 0.2) is 0 Å². The number of hydrogen-bond acceptors (Lipinski definition) is 1. The van der Waals surface area contributed by atoms with Crippen LogP contribution in [-0.2, 0) is 4.74 Å². The minimum Gasteiger partial charge on any atom is -0.375 e. The molecule has 11 heavy (non-hydrogen) atoms. The monoisotopic (exact) mass is 158 g/mol. The summed E-state index contributed by atoms with van der Waals surface area (Å²) < 4.78 is 18.6. The van der Waals surface area contributed by atoms with E-state index >= 15 is 0 Å². The van der Waals surface area contributed by atoms with E-state index in [2.05, 4.69) is 6.92 Å². The molecule has 2 aliphatic rings. The van der Waals surface area contributed by atoms with Gasteiger partial charge in [0.25, 0.3) is 0 Å². The number of fused-ring (bicyclic) bond motifs is 1. The minimum absolute atomic E-state index is 0.0303. The number of halogens is 1. The molecule has 0 bridgehead atoms. The molecule has 0 aromatic heterocycles. The summed E-state index contributed by atoms with van der Waals surface area (Å²) in [6, 6.07) is 0. The van der Waals surface area contributed by atoms with Gasteiger partial charge < -0.3 is 4.74 Å². The van der Waals surface area contributed by atoms with Crippen molar-refractivity contribution in [3.8, 4) is 0 Å². The zero-order chi connectivity index (χ0) is 7.90. The van der Waals surface area contributed by atoms with Crippen LogP contribution in [0.2, 0.25) is 0 Å². The summed E-state index contributed by atoms with van der Waals surface area (Å²) in [6.07, 6.45) is 2.86. The van der Waals surface area contributed by atoms with Gasteiger partial charge in [0.1, 0.15) is 6.17 Å². The van der Waals surface area contributed by atoms with E-state index in [1.54, 1.807) is 0 Å². The van der Waals surface area contributed by atoms with Crippen molar-refractivity contribution in [1.82, 2.24) is 0 Å². The van der Waals surface area contributed by atoms with Crippen LogP contribution in [0.1, 0.15) is 32.6 Å². The molecular formula is C9H15FO. The molecule has 3 atom stereocenters. The van der Waals surface area contributed by atoms with Crippen LogP contribution in [0.5, 0.6) is 0 Å². The third-order valence-electron chi connectivity index (χ3n) is 3.26. The molecule has 0 N–H and O–H groups in total. The first kappa shape index (κ1) is 7.53. The third kappa shape index (κ3) is 1.18. The highest BCUT2D eigenvalue weighted by molar-refractivity contribution is 4.94. The van der Waals surface area contributed by atoms with E-state index in [4.69, 9.17) is 4.74 Å². The highest BCUT2D eigenvalue weighted by Gasteiger charge is 2.44. The zero-order valence-corrected chi connectivity index (χ0v) is 6.98. The highest BCUT2D eigenvalue weighted by atomic mass is 19.1. The second kappa shape index (κ2) is 2.44. The van der Waals surface area contributed by atoms with Gasteiger partial charge in [-0.3, -0.25) is 0 Å². The van der Waals surface area contributed by atoms with Crippen LogP contribution in [0, 0.1) is 5.92 Å². The summed E-state index contributed by atoms with van der Waals surface area (Å²) in [7, 11) is 0. The van der Waals surface area contributed by atoms with Crippen molar-refractivity contribution in [2.24, 2.45) is 5.92 Å². The molecule has 1 aliphatic carbocycles. The molecule has 1 nitrogen and oxygen atoms in total. The first-order valence-electron chi connectivity index (χ1n) is 4.49. The number of ether oxygens (including phenoxy) is 1. The Kier molecular flexibility index (Phi) is 1.67. The lowest BCUT2D eigenvalue weighted by atomic mass is 9.76.